The summed E-state index contributed by atoms with van der Waals surface area (Å²) in [5, 5.41) is 10.7. The molecule has 0 fully saturated rings. The molecule has 14 heavy (non-hydrogen) atoms. The molecule has 1 aromatic rings. The monoisotopic (exact) mass is 231 g/mol. The van der Waals surface area contributed by atoms with Gasteiger partial charge in [0.05, 0.1) is 17.5 Å². The Hall–Kier alpha value is -0.520. The molecule has 0 saturated carbocycles. The van der Waals surface area contributed by atoms with Crippen molar-refractivity contribution in [3.8, 4) is 0 Å². The Bertz CT molecular complexity index is 324. The summed E-state index contributed by atoms with van der Waals surface area (Å²) in [5.74, 6) is -0.0724. The highest BCUT2D eigenvalue weighted by Crippen LogP contribution is 2.19. The van der Waals surface area contributed by atoms with Gasteiger partial charge in [0.25, 0.3) is 5.91 Å². The minimum Gasteiger partial charge on any atom is -0.394 e. The number of thiophene rings is 1. The second-order valence-electron chi connectivity index (χ2n) is 3.12. The van der Waals surface area contributed by atoms with Crippen LogP contribution in [0, 0.1) is 0 Å². The first-order valence-corrected chi connectivity index (χ1v) is 5.54. The fourth-order valence-corrected chi connectivity index (χ4v) is 2.06. The topological polar surface area (TPSA) is 40.5 Å². The summed E-state index contributed by atoms with van der Waals surface area (Å²) in [6.07, 6.45) is 0. The van der Waals surface area contributed by atoms with Crippen LogP contribution in [0.1, 0.15) is 16.6 Å². The van der Waals surface area contributed by atoms with Crippen molar-refractivity contribution in [1.29, 1.82) is 0 Å². The summed E-state index contributed by atoms with van der Waals surface area (Å²) in [4.78, 5) is 14.7. The van der Waals surface area contributed by atoms with Crippen LogP contribution in [0.15, 0.2) is 16.3 Å². The van der Waals surface area contributed by atoms with Gasteiger partial charge in [0, 0.05) is 17.3 Å². The van der Waals surface area contributed by atoms with Gasteiger partial charge in [-0.05, 0) is 13.0 Å². The van der Waals surface area contributed by atoms with Crippen molar-refractivity contribution in [2.45, 2.75) is 17.9 Å². The molecule has 0 bridgehead atoms. The zero-order valence-electron chi connectivity index (χ0n) is 8.10. The lowest BCUT2D eigenvalue weighted by molar-refractivity contribution is 0.0687. The van der Waals surface area contributed by atoms with Gasteiger partial charge in [0.2, 0.25) is 0 Å². The molecule has 1 aromatic heterocycles. The lowest BCUT2D eigenvalue weighted by Gasteiger charge is -2.22. The number of carbonyl (C=O) groups is 1. The van der Waals surface area contributed by atoms with Gasteiger partial charge in [0.1, 0.15) is 0 Å². The number of carbonyl (C=O) groups excluding carboxylic acids is 1. The van der Waals surface area contributed by atoms with Crippen molar-refractivity contribution >= 4 is 29.9 Å². The van der Waals surface area contributed by atoms with E-state index >= 15 is 0 Å². The van der Waals surface area contributed by atoms with Crippen LogP contribution >= 0.6 is 24.0 Å². The molecule has 78 valence electrons. The molecule has 0 radical (unpaired) electrons. The molecule has 0 saturated heterocycles. The van der Waals surface area contributed by atoms with E-state index in [1.807, 2.05) is 5.38 Å². The first-order chi connectivity index (χ1) is 6.56. The Labute approximate surface area is 92.8 Å². The molecule has 1 rings (SSSR count). The largest absolute Gasteiger partial charge is 0.394 e. The molecule has 1 N–H and O–H groups in total. The fourth-order valence-electron chi connectivity index (χ4n) is 0.935. The molecule has 0 aliphatic rings. The van der Waals surface area contributed by atoms with Crippen LogP contribution in [0.3, 0.4) is 0 Å². The Morgan fingerprint density at radius 2 is 2.43 bits per heavy atom. The zero-order valence-corrected chi connectivity index (χ0v) is 9.81. The van der Waals surface area contributed by atoms with Gasteiger partial charge in [-0.2, -0.15) is 0 Å². The maximum atomic E-state index is 11.7. The molecular formula is C9H13NO2S2. The highest BCUT2D eigenvalue weighted by atomic mass is 32.1. The van der Waals surface area contributed by atoms with E-state index in [1.165, 1.54) is 16.2 Å². The van der Waals surface area contributed by atoms with Crippen LogP contribution in [0.25, 0.3) is 0 Å². The Kier molecular flexibility index (Phi) is 3.97. The van der Waals surface area contributed by atoms with E-state index in [0.29, 0.717) is 4.88 Å². The van der Waals surface area contributed by atoms with Crippen LogP contribution in [-0.4, -0.2) is 35.6 Å². The van der Waals surface area contributed by atoms with Gasteiger partial charge >= 0.3 is 0 Å². The summed E-state index contributed by atoms with van der Waals surface area (Å²) in [6, 6.07) is 1.57. The van der Waals surface area contributed by atoms with Crippen molar-refractivity contribution in [1.82, 2.24) is 4.90 Å². The lowest BCUT2D eigenvalue weighted by atomic mass is 10.3. The van der Waals surface area contributed by atoms with Crippen molar-refractivity contribution in [2.24, 2.45) is 0 Å². The molecule has 0 aromatic carbocycles. The van der Waals surface area contributed by atoms with E-state index in [1.54, 1.807) is 20.0 Å². The number of hydrogen-bond acceptors (Lipinski definition) is 4. The molecule has 0 spiro atoms. The number of likely N-dealkylation sites (N-methyl/N-ethyl adjacent to an activating group) is 1. The van der Waals surface area contributed by atoms with Crippen molar-refractivity contribution < 1.29 is 9.90 Å². The summed E-state index contributed by atoms with van der Waals surface area (Å²) in [5.41, 5.74) is 0. The van der Waals surface area contributed by atoms with Gasteiger partial charge in [-0.1, -0.05) is 0 Å². The van der Waals surface area contributed by atoms with Gasteiger partial charge in [-0.15, -0.1) is 24.0 Å². The lowest BCUT2D eigenvalue weighted by Crippen LogP contribution is -2.36. The molecule has 1 atom stereocenters. The van der Waals surface area contributed by atoms with Crippen molar-refractivity contribution in [2.75, 3.05) is 13.7 Å². The highest BCUT2D eigenvalue weighted by Gasteiger charge is 2.17. The minimum absolute atomic E-state index is 0.0264. The highest BCUT2D eigenvalue weighted by molar-refractivity contribution is 7.80. The Morgan fingerprint density at radius 1 is 1.79 bits per heavy atom. The summed E-state index contributed by atoms with van der Waals surface area (Å²) in [7, 11) is 1.68. The zero-order chi connectivity index (χ0) is 10.7. The van der Waals surface area contributed by atoms with Crippen LogP contribution in [-0.2, 0) is 0 Å². The number of thiol groups is 1. The first-order valence-electron chi connectivity index (χ1n) is 4.21. The molecular weight excluding hydrogens is 218 g/mol. The number of amides is 1. The maximum absolute atomic E-state index is 11.7. The molecule has 1 heterocycles. The predicted molar refractivity (Wildman–Crippen MR) is 60.2 cm³/mol. The second kappa shape index (κ2) is 4.82. The van der Waals surface area contributed by atoms with Crippen LogP contribution in [0.5, 0.6) is 0 Å². The van der Waals surface area contributed by atoms with E-state index in [9.17, 15) is 4.79 Å². The number of rotatable bonds is 3. The van der Waals surface area contributed by atoms with E-state index in [2.05, 4.69) is 12.6 Å². The quantitative estimate of drug-likeness (QED) is 0.774. The summed E-state index contributed by atoms with van der Waals surface area (Å²) in [6.45, 7) is 1.77. The fraction of sp³-hybridized carbons (Fsp3) is 0.444. The predicted octanol–water partition coefficient (Wildman–Crippen LogP) is 1.49. The third-order valence-corrected chi connectivity index (χ3v) is 3.39. The molecule has 5 heteroatoms. The molecule has 0 aliphatic heterocycles. The van der Waals surface area contributed by atoms with Crippen molar-refractivity contribution in [3.05, 3.63) is 16.3 Å². The van der Waals surface area contributed by atoms with E-state index in [-0.39, 0.29) is 18.6 Å². The van der Waals surface area contributed by atoms with Gasteiger partial charge in [-0.25, -0.2) is 0 Å². The SMILES string of the molecule is CC(CO)N(C)C(=O)c1cc(S)cs1. The first kappa shape index (κ1) is 11.6. The second-order valence-corrected chi connectivity index (χ2v) is 4.54. The number of hydrogen-bond donors (Lipinski definition) is 2. The molecule has 3 nitrogen and oxygen atoms in total. The van der Waals surface area contributed by atoms with Gasteiger partial charge in [-0.3, -0.25) is 4.79 Å². The normalized spacial score (nSPS) is 12.6. The number of nitrogens with zero attached hydrogens (tertiary/aromatic N) is 1. The Balaban J connectivity index is 2.75. The maximum Gasteiger partial charge on any atom is 0.264 e. The van der Waals surface area contributed by atoms with Gasteiger partial charge in [0.15, 0.2) is 0 Å². The van der Waals surface area contributed by atoms with Gasteiger partial charge < -0.3 is 10.0 Å². The average molecular weight is 231 g/mol. The summed E-state index contributed by atoms with van der Waals surface area (Å²) >= 11 is 5.50. The van der Waals surface area contributed by atoms with E-state index in [4.69, 9.17) is 5.11 Å². The number of aliphatic hydroxyl groups is 1. The van der Waals surface area contributed by atoms with Crippen LogP contribution in [0.2, 0.25) is 0 Å². The standard InChI is InChI=1S/C9H13NO2S2/c1-6(4-11)10(2)9(12)8-3-7(13)5-14-8/h3,5-6,11,13H,4H2,1-2H3. The molecule has 0 aliphatic carbocycles. The number of aliphatic hydroxyl groups excluding tert-OH is 1. The molecule has 1 unspecified atom stereocenters. The Morgan fingerprint density at radius 3 is 2.86 bits per heavy atom. The average Bonchev–Trinajstić information content (AvgIpc) is 2.61. The van der Waals surface area contributed by atoms with E-state index < -0.39 is 0 Å². The summed E-state index contributed by atoms with van der Waals surface area (Å²) < 4.78 is 0. The third kappa shape index (κ3) is 2.50. The van der Waals surface area contributed by atoms with E-state index in [0.717, 1.165) is 4.90 Å². The third-order valence-electron chi connectivity index (χ3n) is 2.04. The smallest absolute Gasteiger partial charge is 0.264 e. The van der Waals surface area contributed by atoms with Crippen LogP contribution < -0.4 is 0 Å². The van der Waals surface area contributed by atoms with Crippen LogP contribution in [0.4, 0.5) is 0 Å². The van der Waals surface area contributed by atoms with Crippen molar-refractivity contribution in [3.63, 3.8) is 0 Å². The minimum atomic E-state index is -0.159. The molecule has 1 amide bonds.